The molecule has 2 aliphatic carbocycles. The van der Waals surface area contributed by atoms with Crippen LogP contribution in [-0.4, -0.2) is 21.4 Å². The molecule has 6 heteroatoms. The highest BCUT2D eigenvalue weighted by Gasteiger charge is 2.59. The van der Waals surface area contributed by atoms with Crippen molar-refractivity contribution in [1.82, 2.24) is 15.2 Å². The number of para-hydroxylation sites is 1. The van der Waals surface area contributed by atoms with E-state index >= 15 is 0 Å². The van der Waals surface area contributed by atoms with Gasteiger partial charge in [0.25, 0.3) is 5.91 Å². The molecule has 1 aromatic carbocycles. The molecular weight excluding hydrogens is 328 g/mol. The Labute approximate surface area is 152 Å². The predicted octanol–water partition coefficient (Wildman–Crippen LogP) is 2.71. The number of hydrogen-bond acceptors (Lipinski definition) is 4. The number of aromatic nitrogens is 2. The van der Waals surface area contributed by atoms with Crippen molar-refractivity contribution < 1.29 is 4.79 Å². The Bertz CT molecular complexity index is 975. The summed E-state index contributed by atoms with van der Waals surface area (Å²) in [4.78, 5) is 24.3. The molecule has 6 nitrogen and oxygen atoms in total. The molecule has 2 saturated carbocycles. The van der Waals surface area contributed by atoms with Crippen LogP contribution in [0.4, 0.5) is 0 Å². The van der Waals surface area contributed by atoms with Gasteiger partial charge in [0.15, 0.2) is 0 Å². The third kappa shape index (κ3) is 2.39. The highest BCUT2D eigenvalue weighted by Crippen LogP contribution is 2.63. The normalized spacial score (nSPS) is 28.0. The van der Waals surface area contributed by atoms with Gasteiger partial charge in [-0.25, -0.2) is 5.43 Å². The van der Waals surface area contributed by atoms with Crippen molar-refractivity contribution in [1.29, 1.82) is 0 Å². The van der Waals surface area contributed by atoms with E-state index in [1.165, 1.54) is 12.6 Å². The molecule has 2 aliphatic rings. The first-order valence-electron chi connectivity index (χ1n) is 9.14. The van der Waals surface area contributed by atoms with Crippen molar-refractivity contribution in [3.63, 3.8) is 0 Å². The number of hydrogen-bond donors (Lipinski definition) is 1. The van der Waals surface area contributed by atoms with Crippen LogP contribution in [0.25, 0.3) is 10.9 Å². The first kappa shape index (κ1) is 16.9. The van der Waals surface area contributed by atoms with Gasteiger partial charge in [0.2, 0.25) is 5.43 Å². The summed E-state index contributed by atoms with van der Waals surface area (Å²) in [6.07, 6.45) is 4.58. The number of rotatable bonds is 3. The van der Waals surface area contributed by atoms with Crippen molar-refractivity contribution in [2.75, 3.05) is 0 Å². The fourth-order valence-electron chi connectivity index (χ4n) is 4.69. The Morgan fingerprint density at radius 1 is 1.35 bits per heavy atom. The molecule has 1 aromatic heterocycles. The van der Waals surface area contributed by atoms with Gasteiger partial charge in [-0.2, -0.15) is 10.2 Å². The van der Waals surface area contributed by atoms with E-state index < -0.39 is 0 Å². The van der Waals surface area contributed by atoms with Crippen molar-refractivity contribution >= 4 is 22.5 Å². The molecule has 2 atom stereocenters. The second-order valence-corrected chi connectivity index (χ2v) is 8.27. The lowest BCUT2D eigenvalue weighted by molar-refractivity contribution is -0.121. The molecule has 0 spiro atoms. The van der Waals surface area contributed by atoms with Gasteiger partial charge in [-0.05, 0) is 42.7 Å². The van der Waals surface area contributed by atoms with Crippen molar-refractivity contribution in [2.24, 2.45) is 21.8 Å². The maximum Gasteiger partial charge on any atom is 0.261 e. The maximum absolute atomic E-state index is 12.4. The number of amides is 1. The Balaban J connectivity index is 1.53. The smallest absolute Gasteiger partial charge is 0.261 e. The van der Waals surface area contributed by atoms with Gasteiger partial charge in [0, 0.05) is 16.5 Å². The molecule has 2 aromatic rings. The van der Waals surface area contributed by atoms with Crippen LogP contribution in [0.15, 0.2) is 40.4 Å². The van der Waals surface area contributed by atoms with E-state index in [4.69, 9.17) is 0 Å². The van der Waals surface area contributed by atoms with Gasteiger partial charge in [-0.15, -0.1) is 0 Å². The first-order chi connectivity index (χ1) is 12.3. The van der Waals surface area contributed by atoms with Crippen LogP contribution in [-0.2, 0) is 11.3 Å². The molecule has 0 saturated heterocycles. The molecule has 0 unspecified atom stereocenters. The quantitative estimate of drug-likeness (QED) is 0.863. The Hall–Kier alpha value is -2.50. The summed E-state index contributed by atoms with van der Waals surface area (Å²) in [5.41, 5.74) is 4.61. The molecule has 4 rings (SSSR count). The number of fused-ring (bicyclic) bond motifs is 3. The van der Waals surface area contributed by atoms with Crippen LogP contribution in [0.1, 0.15) is 40.0 Å². The zero-order chi connectivity index (χ0) is 18.5. The number of carbonyl (C=O) groups is 1. The molecule has 2 fully saturated rings. The van der Waals surface area contributed by atoms with Gasteiger partial charge >= 0.3 is 0 Å². The molecule has 1 N–H and O–H groups in total. The minimum Gasteiger partial charge on any atom is -0.287 e. The van der Waals surface area contributed by atoms with Crippen LogP contribution < -0.4 is 10.9 Å². The number of hydrazone groups is 1. The lowest BCUT2D eigenvalue weighted by atomic mass is 9.70. The summed E-state index contributed by atoms with van der Waals surface area (Å²) >= 11 is 0. The minimum absolute atomic E-state index is 0.0289. The van der Waals surface area contributed by atoms with E-state index in [-0.39, 0.29) is 28.7 Å². The second-order valence-electron chi connectivity index (χ2n) is 8.27. The molecule has 1 amide bonds. The summed E-state index contributed by atoms with van der Waals surface area (Å²) < 4.78 is 1.54. The van der Waals surface area contributed by atoms with E-state index in [1.54, 1.807) is 22.9 Å². The Morgan fingerprint density at radius 2 is 2.12 bits per heavy atom. The zero-order valence-electron chi connectivity index (χ0n) is 15.5. The predicted molar refractivity (Wildman–Crippen MR) is 101 cm³/mol. The lowest BCUT2D eigenvalue weighted by Crippen LogP contribution is -2.34. The van der Waals surface area contributed by atoms with Gasteiger partial charge < -0.3 is 0 Å². The second kappa shape index (κ2) is 5.76. The molecule has 136 valence electrons. The van der Waals surface area contributed by atoms with Gasteiger partial charge in [-0.1, -0.05) is 32.9 Å². The van der Waals surface area contributed by atoms with Crippen LogP contribution in [0.5, 0.6) is 0 Å². The molecular formula is C20H24N4O2. The van der Waals surface area contributed by atoms with Crippen molar-refractivity contribution in [3.05, 3.63) is 40.7 Å². The van der Waals surface area contributed by atoms with Crippen LogP contribution >= 0.6 is 0 Å². The largest absolute Gasteiger partial charge is 0.287 e. The van der Waals surface area contributed by atoms with E-state index in [2.05, 4.69) is 36.4 Å². The summed E-state index contributed by atoms with van der Waals surface area (Å²) in [6, 6.07) is 7.17. The fourth-order valence-corrected chi connectivity index (χ4v) is 4.69. The summed E-state index contributed by atoms with van der Waals surface area (Å²) in [6.45, 7) is 6.92. The molecule has 0 radical (unpaired) electrons. The third-order valence-corrected chi connectivity index (χ3v) is 6.88. The fraction of sp³-hybridized carbons (Fsp3) is 0.500. The molecule has 1 heterocycles. The van der Waals surface area contributed by atoms with E-state index in [9.17, 15) is 9.59 Å². The van der Waals surface area contributed by atoms with Crippen LogP contribution in [0.3, 0.4) is 0 Å². The Kier molecular flexibility index (Phi) is 3.75. The molecule has 2 bridgehead atoms. The van der Waals surface area contributed by atoms with Crippen molar-refractivity contribution in [3.8, 4) is 0 Å². The SMILES string of the molecule is CC1(C)[C@@H]2CC[C@]1(C)/C(=N/NC(=O)Cn1ncc(=O)c3ccccc31)C2. The summed E-state index contributed by atoms with van der Waals surface area (Å²) in [5, 5.41) is 9.14. The zero-order valence-corrected chi connectivity index (χ0v) is 15.5. The first-order valence-corrected chi connectivity index (χ1v) is 9.14. The van der Waals surface area contributed by atoms with Crippen molar-refractivity contribution in [2.45, 2.75) is 46.6 Å². The van der Waals surface area contributed by atoms with Crippen LogP contribution in [0.2, 0.25) is 0 Å². The summed E-state index contributed by atoms with van der Waals surface area (Å²) in [7, 11) is 0. The number of carbonyl (C=O) groups excluding carboxylic acids is 1. The topological polar surface area (TPSA) is 76.3 Å². The lowest BCUT2D eigenvalue weighted by Gasteiger charge is -2.34. The monoisotopic (exact) mass is 352 g/mol. The van der Waals surface area contributed by atoms with E-state index in [0.29, 0.717) is 16.8 Å². The number of benzene rings is 1. The summed E-state index contributed by atoms with van der Waals surface area (Å²) in [5.74, 6) is 0.413. The molecule has 0 aliphatic heterocycles. The minimum atomic E-state index is -0.233. The average molecular weight is 352 g/mol. The standard InChI is InChI=1S/C20H24N4O2/c1-19(2)13-8-9-20(19,3)17(10-13)22-23-18(26)12-24-15-7-5-4-6-14(15)16(25)11-21-24/h4-7,11,13H,8-10,12H2,1-3H3,(H,23,26)/b22-17+/t13-,20-/m1/s1. The highest BCUT2D eigenvalue weighted by atomic mass is 16.2. The third-order valence-electron chi connectivity index (χ3n) is 6.88. The van der Waals surface area contributed by atoms with Gasteiger partial charge in [0.05, 0.1) is 11.7 Å². The van der Waals surface area contributed by atoms with E-state index in [0.717, 1.165) is 18.6 Å². The van der Waals surface area contributed by atoms with Gasteiger partial charge in [-0.3, -0.25) is 14.3 Å². The maximum atomic E-state index is 12.4. The number of nitrogens with zero attached hydrogens (tertiary/aromatic N) is 3. The average Bonchev–Trinajstić information content (AvgIpc) is 2.96. The Morgan fingerprint density at radius 3 is 2.81 bits per heavy atom. The highest BCUT2D eigenvalue weighted by molar-refractivity contribution is 5.95. The van der Waals surface area contributed by atoms with E-state index in [1.807, 2.05) is 6.07 Å². The van der Waals surface area contributed by atoms with Crippen LogP contribution in [0, 0.1) is 16.7 Å². The molecule has 26 heavy (non-hydrogen) atoms. The van der Waals surface area contributed by atoms with Gasteiger partial charge in [0.1, 0.15) is 6.54 Å². The number of nitrogens with one attached hydrogen (secondary N) is 1.